The third-order valence-electron chi connectivity index (χ3n) is 2.87. The number of halogens is 1. The van der Waals surface area contributed by atoms with Crippen molar-refractivity contribution in [1.29, 1.82) is 5.41 Å². The van der Waals surface area contributed by atoms with Crippen molar-refractivity contribution in [3.8, 4) is 0 Å². The van der Waals surface area contributed by atoms with E-state index in [1.165, 1.54) is 6.21 Å². The van der Waals surface area contributed by atoms with Crippen molar-refractivity contribution in [3.63, 3.8) is 0 Å². The van der Waals surface area contributed by atoms with Gasteiger partial charge in [-0.15, -0.1) is 0 Å². The lowest BCUT2D eigenvalue weighted by molar-refractivity contribution is 0.858. The van der Waals surface area contributed by atoms with Gasteiger partial charge in [-0.1, -0.05) is 11.6 Å². The summed E-state index contributed by atoms with van der Waals surface area (Å²) in [5.74, 6) is 0.512. The Hall–Kier alpha value is -2.35. The molecule has 0 amide bonds. The largest absolute Gasteiger partial charge is 0.386 e. The Morgan fingerprint density at radius 1 is 1.45 bits per heavy atom. The van der Waals surface area contributed by atoms with E-state index < -0.39 is 0 Å². The Labute approximate surface area is 119 Å². The van der Waals surface area contributed by atoms with Gasteiger partial charge in [-0.2, -0.15) is 15.1 Å². The van der Waals surface area contributed by atoms with Crippen LogP contribution in [0.4, 0.5) is 11.8 Å². The molecule has 0 aliphatic heterocycles. The second-order valence-electron chi connectivity index (χ2n) is 4.48. The number of nitrogen functional groups attached to an aromatic ring is 1. The topological polar surface area (TPSA) is 128 Å². The minimum Gasteiger partial charge on any atom is -0.386 e. The summed E-state index contributed by atoms with van der Waals surface area (Å²) in [4.78, 5) is 8.31. The summed E-state index contributed by atoms with van der Waals surface area (Å²) in [6, 6.07) is 0.506. The number of aromatic amines is 1. The van der Waals surface area contributed by atoms with Crippen molar-refractivity contribution in [2.45, 2.75) is 18.9 Å². The minimum atomic E-state index is 0.232. The summed E-state index contributed by atoms with van der Waals surface area (Å²) in [6.45, 7) is 0. The van der Waals surface area contributed by atoms with Gasteiger partial charge in [0.05, 0.1) is 5.70 Å². The van der Waals surface area contributed by atoms with Crippen LogP contribution in [-0.2, 0) is 0 Å². The minimum absolute atomic E-state index is 0.232. The fraction of sp³-hybridized carbons (Fsp3) is 0.273. The van der Waals surface area contributed by atoms with Gasteiger partial charge in [-0.3, -0.25) is 5.10 Å². The first-order valence-electron chi connectivity index (χ1n) is 6.08. The first-order chi connectivity index (χ1) is 9.67. The van der Waals surface area contributed by atoms with Gasteiger partial charge in [0.15, 0.2) is 10.8 Å². The van der Waals surface area contributed by atoms with Crippen LogP contribution in [0.3, 0.4) is 0 Å². The van der Waals surface area contributed by atoms with E-state index in [4.69, 9.17) is 22.7 Å². The number of nitrogens with zero attached hydrogens (tertiary/aromatic N) is 3. The molecule has 0 unspecified atom stereocenters. The molecule has 0 bridgehead atoms. The van der Waals surface area contributed by atoms with Crippen LogP contribution in [0.25, 0.3) is 11.0 Å². The van der Waals surface area contributed by atoms with Crippen molar-refractivity contribution in [2.24, 2.45) is 0 Å². The summed E-state index contributed by atoms with van der Waals surface area (Å²) in [7, 11) is 0. The molecule has 3 rings (SSSR count). The van der Waals surface area contributed by atoms with Gasteiger partial charge >= 0.3 is 0 Å². The molecule has 2 aromatic heterocycles. The molecule has 1 aliphatic rings. The van der Waals surface area contributed by atoms with Crippen LogP contribution >= 0.6 is 11.6 Å². The van der Waals surface area contributed by atoms with Crippen LogP contribution in [0.15, 0.2) is 11.9 Å². The molecule has 0 saturated heterocycles. The molecule has 9 heteroatoms. The summed E-state index contributed by atoms with van der Waals surface area (Å²) in [5.41, 5.74) is 6.82. The number of H-pyrrole nitrogens is 1. The maximum atomic E-state index is 7.37. The Morgan fingerprint density at radius 2 is 2.25 bits per heavy atom. The number of allylic oxidation sites excluding steroid dienone is 1. The maximum absolute atomic E-state index is 7.37. The van der Waals surface area contributed by atoms with E-state index >= 15 is 0 Å². The van der Waals surface area contributed by atoms with Crippen molar-refractivity contribution < 1.29 is 0 Å². The molecule has 0 radical (unpaired) electrons. The number of hydrogen-bond donors (Lipinski definition) is 5. The molecule has 0 atom stereocenters. The van der Waals surface area contributed by atoms with E-state index in [1.54, 1.807) is 6.20 Å². The maximum Gasteiger partial charge on any atom is 0.231 e. The van der Waals surface area contributed by atoms with E-state index in [2.05, 4.69) is 30.8 Å². The van der Waals surface area contributed by atoms with Gasteiger partial charge in [-0.25, -0.2) is 0 Å². The fourth-order valence-corrected chi connectivity index (χ4v) is 1.91. The highest BCUT2D eigenvalue weighted by Crippen LogP contribution is 2.25. The Morgan fingerprint density at radius 3 is 2.95 bits per heavy atom. The van der Waals surface area contributed by atoms with Gasteiger partial charge < -0.3 is 21.8 Å². The van der Waals surface area contributed by atoms with Crippen molar-refractivity contribution >= 4 is 40.6 Å². The average Bonchev–Trinajstić information content (AvgIpc) is 3.18. The van der Waals surface area contributed by atoms with Crippen molar-refractivity contribution in [2.75, 3.05) is 11.1 Å². The highest BCUT2D eigenvalue weighted by molar-refractivity contribution is 6.35. The molecule has 104 valence electrons. The van der Waals surface area contributed by atoms with Crippen LogP contribution < -0.4 is 16.4 Å². The number of rotatable bonds is 5. The second-order valence-corrected chi connectivity index (χ2v) is 4.84. The Bertz CT molecular complexity index is 687. The predicted molar refractivity (Wildman–Crippen MR) is 77.8 cm³/mol. The van der Waals surface area contributed by atoms with Gasteiger partial charge in [-0.05, 0) is 12.8 Å². The second kappa shape index (κ2) is 4.97. The summed E-state index contributed by atoms with van der Waals surface area (Å²) in [6.07, 6.45) is 5.22. The summed E-state index contributed by atoms with van der Waals surface area (Å²) < 4.78 is 0. The Balaban J connectivity index is 1.85. The molecule has 2 heterocycles. The van der Waals surface area contributed by atoms with E-state index in [-0.39, 0.29) is 16.9 Å². The van der Waals surface area contributed by atoms with Gasteiger partial charge in [0.2, 0.25) is 5.95 Å². The number of hydrogen-bond acceptors (Lipinski definition) is 7. The normalized spacial score (nSPS) is 15.3. The van der Waals surface area contributed by atoms with Crippen LogP contribution in [0.2, 0.25) is 5.15 Å². The number of nitrogens with two attached hydrogens (primary N) is 1. The third kappa shape index (κ3) is 2.50. The van der Waals surface area contributed by atoms with Gasteiger partial charge in [0, 0.05) is 18.5 Å². The molecule has 0 aromatic carbocycles. The predicted octanol–water partition coefficient (Wildman–Crippen LogP) is 1.24. The molecule has 20 heavy (non-hydrogen) atoms. The van der Waals surface area contributed by atoms with Crippen LogP contribution in [0, 0.1) is 5.41 Å². The van der Waals surface area contributed by atoms with Gasteiger partial charge in [0.25, 0.3) is 0 Å². The Kier molecular flexibility index (Phi) is 3.15. The summed E-state index contributed by atoms with van der Waals surface area (Å²) >= 11 is 5.87. The van der Waals surface area contributed by atoms with Crippen LogP contribution in [-0.4, -0.2) is 32.4 Å². The zero-order valence-corrected chi connectivity index (χ0v) is 11.2. The van der Waals surface area contributed by atoms with Gasteiger partial charge in [0.1, 0.15) is 11.2 Å². The molecule has 8 nitrogen and oxygen atoms in total. The third-order valence-corrected chi connectivity index (χ3v) is 3.14. The lowest BCUT2D eigenvalue weighted by atomic mass is 10.4. The lowest BCUT2D eigenvalue weighted by Crippen LogP contribution is -2.13. The first-order valence-corrected chi connectivity index (χ1v) is 6.46. The zero-order chi connectivity index (χ0) is 14.1. The zero-order valence-electron chi connectivity index (χ0n) is 10.4. The SMILES string of the molecule is N=C/C(=C\NC1CC1)Nc1nc(N)c2c(Cl)n[nH]c2n1. The monoisotopic (exact) mass is 292 g/mol. The average molecular weight is 293 g/mol. The molecular formula is C11H13ClN8. The number of nitrogens with one attached hydrogen (secondary N) is 4. The summed E-state index contributed by atoms with van der Waals surface area (Å²) in [5, 5.41) is 20.7. The highest BCUT2D eigenvalue weighted by Gasteiger charge is 2.19. The molecular weight excluding hydrogens is 280 g/mol. The van der Waals surface area contributed by atoms with Crippen LogP contribution in [0.5, 0.6) is 0 Å². The van der Waals surface area contributed by atoms with Crippen LogP contribution in [0.1, 0.15) is 12.8 Å². The molecule has 1 saturated carbocycles. The lowest BCUT2D eigenvalue weighted by Gasteiger charge is -2.06. The van der Waals surface area contributed by atoms with E-state index in [1.807, 2.05) is 0 Å². The van der Waals surface area contributed by atoms with E-state index in [0.29, 0.717) is 22.8 Å². The van der Waals surface area contributed by atoms with E-state index in [0.717, 1.165) is 12.8 Å². The number of fused-ring (bicyclic) bond motifs is 1. The highest BCUT2D eigenvalue weighted by atomic mass is 35.5. The number of anilines is 2. The first kappa shape index (κ1) is 12.7. The molecule has 0 spiro atoms. The standard InChI is InChI=1S/C11H13ClN8/c12-8-7-9(14)17-11(18-10(7)20-19-8)16-6(3-13)4-15-5-1-2-5/h3-5,13,15H,1-2H2,(H4,14,16,17,18,19,20)/b6-4+,13-3?. The van der Waals surface area contributed by atoms with Crippen molar-refractivity contribution in [3.05, 3.63) is 17.1 Å². The number of aromatic nitrogens is 4. The van der Waals surface area contributed by atoms with E-state index in [9.17, 15) is 0 Å². The van der Waals surface area contributed by atoms with Crippen molar-refractivity contribution in [1.82, 2.24) is 25.5 Å². The quantitative estimate of drug-likeness (QED) is 0.527. The molecule has 2 aromatic rings. The molecule has 6 N–H and O–H groups in total. The molecule has 1 fully saturated rings. The molecule has 1 aliphatic carbocycles. The fourth-order valence-electron chi connectivity index (χ4n) is 1.68. The smallest absolute Gasteiger partial charge is 0.231 e.